The zero-order valence-electron chi connectivity index (χ0n) is 14.2. The van der Waals surface area contributed by atoms with E-state index in [-0.39, 0.29) is 11.8 Å². The van der Waals surface area contributed by atoms with E-state index in [1.807, 2.05) is 9.80 Å². The van der Waals surface area contributed by atoms with Crippen molar-refractivity contribution in [3.8, 4) is 0 Å². The Kier molecular flexibility index (Phi) is 6.86. The minimum Gasteiger partial charge on any atom is -0.342 e. The van der Waals surface area contributed by atoms with Gasteiger partial charge in [-0.1, -0.05) is 25.7 Å². The van der Waals surface area contributed by atoms with E-state index in [4.69, 9.17) is 0 Å². The van der Waals surface area contributed by atoms with Crippen LogP contribution in [0.2, 0.25) is 0 Å². The van der Waals surface area contributed by atoms with E-state index in [0.717, 1.165) is 19.3 Å². The quantitative estimate of drug-likeness (QED) is 0.565. The molecule has 0 N–H and O–H groups in total. The lowest BCUT2D eigenvalue weighted by Gasteiger charge is -2.34. The van der Waals surface area contributed by atoms with Crippen molar-refractivity contribution in [3.05, 3.63) is 0 Å². The molecule has 1 saturated carbocycles. The molecule has 6 heteroatoms. The van der Waals surface area contributed by atoms with Crippen molar-refractivity contribution in [2.75, 3.05) is 32.7 Å². The van der Waals surface area contributed by atoms with E-state index in [1.54, 1.807) is 11.8 Å². The van der Waals surface area contributed by atoms with Gasteiger partial charge < -0.3 is 14.7 Å². The standard InChI is InChI=1S/C17H29N3O3/c1-15(22)20(16-6-4-2-3-5-7-16)9-8-17(23)19-12-10-18(14-21)11-13-19/h14,16H,2-13H2,1H3. The van der Waals surface area contributed by atoms with Crippen molar-refractivity contribution in [3.63, 3.8) is 0 Å². The Balaban J connectivity index is 1.82. The fourth-order valence-corrected chi connectivity index (χ4v) is 3.62. The number of nitrogens with zero attached hydrogens (tertiary/aromatic N) is 3. The summed E-state index contributed by atoms with van der Waals surface area (Å²) < 4.78 is 0. The third-order valence-electron chi connectivity index (χ3n) is 5.05. The molecule has 2 fully saturated rings. The average Bonchev–Trinajstić information content (AvgIpc) is 2.84. The largest absolute Gasteiger partial charge is 0.342 e. The van der Waals surface area contributed by atoms with Gasteiger partial charge >= 0.3 is 0 Å². The second-order valence-corrected chi connectivity index (χ2v) is 6.63. The van der Waals surface area contributed by atoms with Gasteiger partial charge in [0.15, 0.2) is 0 Å². The fraction of sp³-hybridized carbons (Fsp3) is 0.824. The van der Waals surface area contributed by atoms with Gasteiger partial charge in [-0.15, -0.1) is 0 Å². The van der Waals surface area contributed by atoms with Gasteiger partial charge in [0.25, 0.3) is 0 Å². The first-order valence-corrected chi connectivity index (χ1v) is 8.86. The van der Waals surface area contributed by atoms with Crippen molar-refractivity contribution >= 4 is 18.2 Å². The highest BCUT2D eigenvalue weighted by atomic mass is 16.2. The second kappa shape index (κ2) is 8.89. The van der Waals surface area contributed by atoms with Gasteiger partial charge in [0.05, 0.1) is 0 Å². The first-order chi connectivity index (χ1) is 11.1. The van der Waals surface area contributed by atoms with Crippen molar-refractivity contribution < 1.29 is 14.4 Å². The third-order valence-corrected chi connectivity index (χ3v) is 5.05. The van der Waals surface area contributed by atoms with Crippen molar-refractivity contribution in [1.82, 2.24) is 14.7 Å². The zero-order chi connectivity index (χ0) is 16.7. The third kappa shape index (κ3) is 5.22. The van der Waals surface area contributed by atoms with E-state index in [1.165, 1.54) is 25.7 Å². The Labute approximate surface area is 138 Å². The number of piperazine rings is 1. The van der Waals surface area contributed by atoms with E-state index in [0.29, 0.717) is 45.2 Å². The molecule has 2 aliphatic rings. The maximum atomic E-state index is 12.4. The molecular formula is C17H29N3O3. The molecule has 0 aromatic heterocycles. The minimum atomic E-state index is 0.0791. The number of amides is 3. The molecule has 23 heavy (non-hydrogen) atoms. The Bertz CT molecular complexity index is 411. The zero-order valence-corrected chi connectivity index (χ0v) is 14.2. The monoisotopic (exact) mass is 323 g/mol. The highest BCUT2D eigenvalue weighted by Gasteiger charge is 2.25. The molecule has 0 aromatic rings. The molecule has 0 bridgehead atoms. The smallest absolute Gasteiger partial charge is 0.224 e. The lowest BCUT2D eigenvalue weighted by molar-refractivity contribution is -0.137. The van der Waals surface area contributed by atoms with Gasteiger partial charge in [-0.2, -0.15) is 0 Å². The number of carbonyl (C=O) groups is 3. The molecule has 6 nitrogen and oxygen atoms in total. The number of rotatable bonds is 5. The molecule has 1 aliphatic heterocycles. The SMILES string of the molecule is CC(=O)N(CCC(=O)N1CCN(C=O)CC1)C1CCCCCC1. The van der Waals surface area contributed by atoms with E-state index >= 15 is 0 Å². The van der Waals surface area contributed by atoms with Crippen LogP contribution in [0.15, 0.2) is 0 Å². The van der Waals surface area contributed by atoms with E-state index in [9.17, 15) is 14.4 Å². The van der Waals surface area contributed by atoms with Crippen LogP contribution >= 0.6 is 0 Å². The highest BCUT2D eigenvalue weighted by Crippen LogP contribution is 2.22. The maximum absolute atomic E-state index is 12.4. The van der Waals surface area contributed by atoms with Crippen molar-refractivity contribution in [2.45, 2.75) is 57.9 Å². The van der Waals surface area contributed by atoms with Gasteiger partial charge in [-0.25, -0.2) is 0 Å². The molecule has 130 valence electrons. The van der Waals surface area contributed by atoms with E-state index in [2.05, 4.69) is 0 Å². The number of carbonyl (C=O) groups excluding carboxylic acids is 3. The van der Waals surface area contributed by atoms with Crippen LogP contribution in [0.4, 0.5) is 0 Å². The van der Waals surface area contributed by atoms with Gasteiger partial charge in [-0.05, 0) is 12.8 Å². The fourth-order valence-electron chi connectivity index (χ4n) is 3.62. The predicted octanol–water partition coefficient (Wildman–Crippen LogP) is 1.25. The van der Waals surface area contributed by atoms with Crippen LogP contribution in [0.25, 0.3) is 0 Å². The summed E-state index contributed by atoms with van der Waals surface area (Å²) in [6.45, 7) is 4.54. The molecule has 1 saturated heterocycles. The van der Waals surface area contributed by atoms with Crippen LogP contribution in [0.3, 0.4) is 0 Å². The normalized spacial score (nSPS) is 20.0. The van der Waals surface area contributed by atoms with Gasteiger partial charge in [0.1, 0.15) is 0 Å². The summed E-state index contributed by atoms with van der Waals surface area (Å²) in [6, 6.07) is 0.301. The molecule has 0 unspecified atom stereocenters. The molecule has 0 atom stereocenters. The topological polar surface area (TPSA) is 60.9 Å². The summed E-state index contributed by atoms with van der Waals surface area (Å²) in [5, 5.41) is 0. The van der Waals surface area contributed by atoms with Crippen LogP contribution in [0.1, 0.15) is 51.9 Å². The molecule has 0 aromatic carbocycles. The minimum absolute atomic E-state index is 0.0791. The lowest BCUT2D eigenvalue weighted by atomic mass is 10.1. The first kappa shape index (κ1) is 17.8. The summed E-state index contributed by atoms with van der Waals surface area (Å²) >= 11 is 0. The molecule has 0 spiro atoms. The molecule has 2 rings (SSSR count). The van der Waals surface area contributed by atoms with Crippen molar-refractivity contribution in [1.29, 1.82) is 0 Å². The molecular weight excluding hydrogens is 294 g/mol. The highest BCUT2D eigenvalue weighted by molar-refractivity contribution is 5.78. The summed E-state index contributed by atoms with van der Waals surface area (Å²) in [5.41, 5.74) is 0. The summed E-state index contributed by atoms with van der Waals surface area (Å²) in [7, 11) is 0. The second-order valence-electron chi connectivity index (χ2n) is 6.63. The van der Waals surface area contributed by atoms with Gasteiger partial charge in [0.2, 0.25) is 18.2 Å². The molecule has 0 radical (unpaired) electrons. The Hall–Kier alpha value is -1.59. The van der Waals surface area contributed by atoms with Gasteiger partial charge in [-0.3, -0.25) is 14.4 Å². The van der Waals surface area contributed by atoms with Crippen LogP contribution in [-0.4, -0.2) is 71.7 Å². The summed E-state index contributed by atoms with van der Waals surface area (Å²) in [4.78, 5) is 40.5. The van der Waals surface area contributed by atoms with Crippen LogP contribution in [-0.2, 0) is 14.4 Å². The van der Waals surface area contributed by atoms with Crippen LogP contribution < -0.4 is 0 Å². The Morgan fingerprint density at radius 3 is 2.17 bits per heavy atom. The number of hydrogen-bond donors (Lipinski definition) is 0. The average molecular weight is 323 g/mol. The first-order valence-electron chi connectivity index (χ1n) is 8.86. The maximum Gasteiger partial charge on any atom is 0.224 e. The summed E-state index contributed by atoms with van der Waals surface area (Å²) in [6.07, 6.45) is 8.20. The van der Waals surface area contributed by atoms with E-state index < -0.39 is 0 Å². The molecule has 1 aliphatic carbocycles. The predicted molar refractivity (Wildman–Crippen MR) is 87.7 cm³/mol. The Morgan fingerprint density at radius 1 is 1.04 bits per heavy atom. The lowest BCUT2D eigenvalue weighted by Crippen LogP contribution is -2.49. The van der Waals surface area contributed by atoms with Crippen molar-refractivity contribution in [2.24, 2.45) is 0 Å². The molecule has 1 heterocycles. The van der Waals surface area contributed by atoms with Crippen LogP contribution in [0.5, 0.6) is 0 Å². The summed E-state index contributed by atoms with van der Waals surface area (Å²) in [5.74, 6) is 0.172. The molecule has 3 amide bonds. The number of hydrogen-bond acceptors (Lipinski definition) is 3. The Morgan fingerprint density at radius 2 is 1.65 bits per heavy atom. The van der Waals surface area contributed by atoms with Gasteiger partial charge in [0, 0.05) is 52.1 Å². The van der Waals surface area contributed by atoms with Crippen LogP contribution in [0, 0.1) is 0 Å².